The van der Waals surface area contributed by atoms with Gasteiger partial charge >= 0.3 is 0 Å². The third-order valence-corrected chi connectivity index (χ3v) is 9.64. The number of benzene rings is 1. The first kappa shape index (κ1) is 24.2. The van der Waals surface area contributed by atoms with Crippen LogP contribution in [0, 0.1) is 25.7 Å². The van der Waals surface area contributed by atoms with E-state index < -0.39 is 10.0 Å². The Bertz CT molecular complexity index is 971. The number of likely N-dealkylation sites (tertiary alicyclic amines) is 2. The first-order valence-electron chi connectivity index (χ1n) is 12.4. The van der Waals surface area contributed by atoms with Gasteiger partial charge in [0.05, 0.1) is 4.90 Å². The fourth-order valence-corrected chi connectivity index (χ4v) is 6.90. The van der Waals surface area contributed by atoms with Crippen LogP contribution in [0.1, 0.15) is 56.1 Å². The summed E-state index contributed by atoms with van der Waals surface area (Å²) in [7, 11) is -3.54. The lowest BCUT2D eigenvalue weighted by atomic mass is 9.91. The molecule has 0 unspecified atom stereocenters. The molecule has 0 aliphatic carbocycles. The first-order valence-corrected chi connectivity index (χ1v) is 13.9. The molecule has 0 saturated carbocycles. The number of amides is 2. The third-order valence-electron chi connectivity index (χ3n) is 7.74. The highest BCUT2D eigenvalue weighted by Crippen LogP contribution is 2.28. The van der Waals surface area contributed by atoms with Crippen molar-refractivity contribution in [3.8, 4) is 0 Å². The van der Waals surface area contributed by atoms with E-state index in [1.54, 1.807) is 12.1 Å². The number of aryl methyl sites for hydroxylation is 2. The minimum Gasteiger partial charge on any atom is -0.342 e. The molecule has 0 N–H and O–H groups in total. The van der Waals surface area contributed by atoms with E-state index in [9.17, 15) is 18.0 Å². The number of piperidine rings is 3. The molecule has 0 aromatic heterocycles. The Labute approximate surface area is 198 Å². The van der Waals surface area contributed by atoms with Crippen LogP contribution in [-0.4, -0.2) is 73.6 Å². The lowest BCUT2D eigenvalue weighted by Crippen LogP contribution is -2.48. The van der Waals surface area contributed by atoms with Crippen LogP contribution in [0.3, 0.4) is 0 Å². The van der Waals surface area contributed by atoms with Gasteiger partial charge in [-0.2, -0.15) is 4.31 Å². The fraction of sp³-hybridized carbons (Fsp3) is 0.680. The van der Waals surface area contributed by atoms with E-state index in [0.29, 0.717) is 43.9 Å². The third kappa shape index (κ3) is 5.27. The van der Waals surface area contributed by atoms with Gasteiger partial charge in [-0.1, -0.05) is 6.07 Å². The van der Waals surface area contributed by atoms with Gasteiger partial charge < -0.3 is 9.80 Å². The average molecular weight is 476 g/mol. The highest BCUT2D eigenvalue weighted by Gasteiger charge is 2.36. The summed E-state index contributed by atoms with van der Waals surface area (Å²) in [5.41, 5.74) is 2.03. The number of sulfonamides is 1. The van der Waals surface area contributed by atoms with Crippen molar-refractivity contribution < 1.29 is 18.0 Å². The number of hydrogen-bond donors (Lipinski definition) is 0. The Morgan fingerprint density at radius 2 is 1.24 bits per heavy atom. The molecule has 0 radical (unpaired) electrons. The summed E-state index contributed by atoms with van der Waals surface area (Å²) >= 11 is 0. The molecule has 2 amide bonds. The molecule has 3 aliphatic heterocycles. The molecule has 0 atom stereocenters. The summed E-state index contributed by atoms with van der Waals surface area (Å²) in [5, 5.41) is 0. The van der Waals surface area contributed by atoms with E-state index >= 15 is 0 Å². The van der Waals surface area contributed by atoms with Gasteiger partial charge in [0.1, 0.15) is 0 Å². The summed E-state index contributed by atoms with van der Waals surface area (Å²) in [6, 6.07) is 5.25. The van der Waals surface area contributed by atoms with Crippen molar-refractivity contribution in [1.29, 1.82) is 0 Å². The summed E-state index contributed by atoms with van der Waals surface area (Å²) in [6.07, 6.45) is 5.98. The van der Waals surface area contributed by atoms with Gasteiger partial charge in [0.15, 0.2) is 0 Å². The van der Waals surface area contributed by atoms with Gasteiger partial charge in [-0.05, 0) is 82.1 Å². The van der Waals surface area contributed by atoms with Crippen molar-refractivity contribution in [2.24, 2.45) is 11.8 Å². The smallest absolute Gasteiger partial charge is 0.243 e. The number of rotatable bonds is 4. The molecule has 3 saturated heterocycles. The van der Waals surface area contributed by atoms with E-state index in [1.807, 2.05) is 29.7 Å². The van der Waals surface area contributed by atoms with Crippen LogP contribution in [-0.2, 0) is 19.6 Å². The zero-order valence-corrected chi connectivity index (χ0v) is 20.8. The van der Waals surface area contributed by atoms with Crippen molar-refractivity contribution >= 4 is 21.8 Å². The van der Waals surface area contributed by atoms with E-state index in [0.717, 1.165) is 49.9 Å². The first-order chi connectivity index (χ1) is 15.8. The maximum atomic E-state index is 13.1. The van der Waals surface area contributed by atoms with Crippen molar-refractivity contribution in [3.05, 3.63) is 29.3 Å². The monoisotopic (exact) mass is 475 g/mol. The molecule has 1 aromatic carbocycles. The van der Waals surface area contributed by atoms with Gasteiger partial charge in [0, 0.05) is 51.1 Å². The molecule has 182 valence electrons. The second-order valence-electron chi connectivity index (χ2n) is 9.91. The highest BCUT2D eigenvalue weighted by atomic mass is 32.2. The second kappa shape index (κ2) is 10.1. The van der Waals surface area contributed by atoms with Crippen LogP contribution in [0.25, 0.3) is 0 Å². The molecule has 3 aliphatic rings. The van der Waals surface area contributed by atoms with Crippen LogP contribution < -0.4 is 0 Å². The molecular formula is C25H37N3O4S. The van der Waals surface area contributed by atoms with Gasteiger partial charge in [-0.15, -0.1) is 0 Å². The zero-order chi connectivity index (χ0) is 23.6. The number of carbonyl (C=O) groups is 2. The molecule has 8 heteroatoms. The molecule has 0 spiro atoms. The molecule has 1 aromatic rings. The topological polar surface area (TPSA) is 78.0 Å². The quantitative estimate of drug-likeness (QED) is 0.671. The van der Waals surface area contributed by atoms with Gasteiger partial charge in [0.25, 0.3) is 0 Å². The molecule has 33 heavy (non-hydrogen) atoms. The van der Waals surface area contributed by atoms with E-state index in [2.05, 4.69) is 0 Å². The predicted molar refractivity (Wildman–Crippen MR) is 127 cm³/mol. The SMILES string of the molecule is Cc1ccc(S(=O)(=O)N2CCC(C(=O)N3CCC(C(=O)N4CCCCC4)CC3)CC2)cc1C. The lowest BCUT2D eigenvalue weighted by molar-refractivity contribution is -0.143. The molecule has 7 nitrogen and oxygen atoms in total. The van der Waals surface area contributed by atoms with Crippen molar-refractivity contribution in [2.75, 3.05) is 39.3 Å². The van der Waals surface area contributed by atoms with Crippen molar-refractivity contribution in [3.63, 3.8) is 0 Å². The van der Waals surface area contributed by atoms with Crippen molar-refractivity contribution in [1.82, 2.24) is 14.1 Å². The Hall–Kier alpha value is -1.93. The zero-order valence-electron chi connectivity index (χ0n) is 20.0. The fourth-order valence-electron chi connectivity index (χ4n) is 5.34. The molecule has 0 bridgehead atoms. The summed E-state index contributed by atoms with van der Waals surface area (Å²) in [4.78, 5) is 30.1. The van der Waals surface area contributed by atoms with Gasteiger partial charge in [-0.3, -0.25) is 9.59 Å². The van der Waals surface area contributed by atoms with E-state index in [-0.39, 0.29) is 23.7 Å². The van der Waals surface area contributed by atoms with Crippen LogP contribution in [0.5, 0.6) is 0 Å². The minimum atomic E-state index is -3.54. The van der Waals surface area contributed by atoms with Crippen molar-refractivity contribution in [2.45, 2.75) is 63.7 Å². The summed E-state index contributed by atoms with van der Waals surface area (Å²) in [6.45, 7) is 7.64. The Balaban J connectivity index is 1.28. The number of hydrogen-bond acceptors (Lipinski definition) is 4. The van der Waals surface area contributed by atoms with E-state index in [4.69, 9.17) is 0 Å². The largest absolute Gasteiger partial charge is 0.342 e. The maximum absolute atomic E-state index is 13.1. The minimum absolute atomic E-state index is 0.0390. The predicted octanol–water partition coefficient (Wildman–Crippen LogP) is 2.96. The summed E-state index contributed by atoms with van der Waals surface area (Å²) < 4.78 is 27.6. The average Bonchev–Trinajstić information content (AvgIpc) is 2.85. The Morgan fingerprint density at radius 3 is 1.79 bits per heavy atom. The van der Waals surface area contributed by atoms with Gasteiger partial charge in [0.2, 0.25) is 21.8 Å². The number of carbonyl (C=O) groups excluding carboxylic acids is 2. The summed E-state index contributed by atoms with van der Waals surface area (Å²) in [5.74, 6) is 0.302. The Morgan fingerprint density at radius 1 is 0.727 bits per heavy atom. The van der Waals surface area contributed by atoms with Crippen LogP contribution in [0.15, 0.2) is 23.1 Å². The standard InChI is InChI=1S/C25H37N3O4S/c1-19-6-7-23(18-20(19)2)33(31,32)28-16-10-22(11-17-28)25(30)27-14-8-21(9-15-27)24(29)26-12-4-3-5-13-26/h6-7,18,21-22H,3-5,8-17H2,1-2H3. The molecule has 4 rings (SSSR count). The normalized spacial score (nSPS) is 21.9. The van der Waals surface area contributed by atoms with Crippen LogP contribution in [0.4, 0.5) is 0 Å². The number of nitrogens with zero attached hydrogens (tertiary/aromatic N) is 3. The van der Waals surface area contributed by atoms with E-state index in [1.165, 1.54) is 10.7 Å². The molecule has 3 fully saturated rings. The highest BCUT2D eigenvalue weighted by molar-refractivity contribution is 7.89. The van der Waals surface area contributed by atoms with Crippen LogP contribution in [0.2, 0.25) is 0 Å². The Kier molecular flexibility index (Phi) is 7.43. The van der Waals surface area contributed by atoms with Crippen LogP contribution >= 0.6 is 0 Å². The second-order valence-corrected chi connectivity index (χ2v) is 11.8. The molecule has 3 heterocycles. The van der Waals surface area contributed by atoms with Gasteiger partial charge in [-0.25, -0.2) is 8.42 Å². The molecular weight excluding hydrogens is 438 g/mol. The lowest BCUT2D eigenvalue weighted by Gasteiger charge is -2.38. The maximum Gasteiger partial charge on any atom is 0.243 e.